The lowest BCUT2D eigenvalue weighted by Gasteiger charge is -2.15. The Hall–Kier alpha value is -3.79. The second kappa shape index (κ2) is 13.5. The van der Waals surface area contributed by atoms with Crippen molar-refractivity contribution in [3.63, 3.8) is 0 Å². The standard InChI is InChI=1S/C27H28FNO7S/c1-33-23-7-5-8-24(27(23)35-3)36-22-11-10-18(28)12-17(22)13-21(31)15-25-29-19(16-37-25)14-20(30)6-4-9-26(32)34-2/h5,7-8,10-12,16H,4,6,9,13-15H2,1-3H3. The highest BCUT2D eigenvalue weighted by molar-refractivity contribution is 7.09. The number of aromatic nitrogens is 1. The molecule has 0 spiro atoms. The molecule has 0 aliphatic rings. The largest absolute Gasteiger partial charge is 0.493 e. The van der Waals surface area contributed by atoms with Gasteiger partial charge >= 0.3 is 5.97 Å². The molecule has 0 amide bonds. The molecule has 3 aromatic rings. The summed E-state index contributed by atoms with van der Waals surface area (Å²) in [6, 6.07) is 9.12. The lowest BCUT2D eigenvalue weighted by molar-refractivity contribution is -0.140. The molecule has 0 bridgehead atoms. The van der Waals surface area contributed by atoms with Crippen molar-refractivity contribution in [2.24, 2.45) is 0 Å². The van der Waals surface area contributed by atoms with E-state index in [1.165, 1.54) is 50.9 Å². The summed E-state index contributed by atoms with van der Waals surface area (Å²) >= 11 is 1.29. The number of thiazole rings is 1. The first-order valence-electron chi connectivity index (χ1n) is 11.5. The molecule has 1 heterocycles. The number of para-hydroxylation sites is 1. The smallest absolute Gasteiger partial charge is 0.305 e. The fraction of sp³-hybridized carbons (Fsp3) is 0.333. The van der Waals surface area contributed by atoms with Crippen LogP contribution in [0.2, 0.25) is 0 Å². The van der Waals surface area contributed by atoms with Gasteiger partial charge in [0.15, 0.2) is 11.5 Å². The fourth-order valence-electron chi connectivity index (χ4n) is 3.62. The number of ketones is 2. The first-order valence-corrected chi connectivity index (χ1v) is 12.4. The van der Waals surface area contributed by atoms with Gasteiger partial charge in [0, 0.05) is 36.6 Å². The van der Waals surface area contributed by atoms with Crippen LogP contribution >= 0.6 is 11.3 Å². The number of halogens is 1. The highest BCUT2D eigenvalue weighted by Gasteiger charge is 2.17. The molecule has 0 aliphatic heterocycles. The Morgan fingerprint density at radius 1 is 0.892 bits per heavy atom. The van der Waals surface area contributed by atoms with Crippen molar-refractivity contribution < 1.29 is 37.7 Å². The summed E-state index contributed by atoms with van der Waals surface area (Å²) in [5.74, 6) is 0.469. The molecule has 0 aliphatic carbocycles. The van der Waals surface area contributed by atoms with E-state index in [4.69, 9.17) is 14.2 Å². The van der Waals surface area contributed by atoms with E-state index < -0.39 is 5.82 Å². The van der Waals surface area contributed by atoms with Crippen LogP contribution in [0.5, 0.6) is 23.0 Å². The van der Waals surface area contributed by atoms with Gasteiger partial charge in [-0.05, 0) is 36.8 Å². The first-order chi connectivity index (χ1) is 17.8. The van der Waals surface area contributed by atoms with Crippen LogP contribution in [0.1, 0.15) is 35.5 Å². The van der Waals surface area contributed by atoms with Crippen molar-refractivity contribution in [3.8, 4) is 23.0 Å². The Morgan fingerprint density at radius 2 is 1.68 bits per heavy atom. The number of hydrogen-bond donors (Lipinski definition) is 0. The Morgan fingerprint density at radius 3 is 2.41 bits per heavy atom. The first kappa shape index (κ1) is 27.8. The highest BCUT2D eigenvalue weighted by Crippen LogP contribution is 2.40. The topological polar surface area (TPSA) is 101 Å². The number of esters is 1. The van der Waals surface area contributed by atoms with Gasteiger partial charge < -0.3 is 18.9 Å². The highest BCUT2D eigenvalue weighted by atomic mass is 32.1. The SMILES string of the molecule is COC(=O)CCCC(=O)Cc1csc(CC(=O)Cc2cc(F)ccc2Oc2cccc(OC)c2OC)n1. The minimum Gasteiger partial charge on any atom is -0.493 e. The Labute approximate surface area is 218 Å². The zero-order chi connectivity index (χ0) is 26.8. The van der Waals surface area contributed by atoms with Gasteiger partial charge in [0.25, 0.3) is 0 Å². The maximum absolute atomic E-state index is 14.0. The zero-order valence-electron chi connectivity index (χ0n) is 20.9. The van der Waals surface area contributed by atoms with E-state index in [-0.39, 0.29) is 49.6 Å². The molecule has 8 nitrogen and oxygen atoms in total. The van der Waals surface area contributed by atoms with Crippen LogP contribution in [0, 0.1) is 5.82 Å². The van der Waals surface area contributed by atoms with Gasteiger partial charge in [-0.15, -0.1) is 11.3 Å². The van der Waals surface area contributed by atoms with Gasteiger partial charge in [0.2, 0.25) is 5.75 Å². The summed E-state index contributed by atoms with van der Waals surface area (Å²) in [6.45, 7) is 0. The van der Waals surface area contributed by atoms with E-state index in [0.717, 1.165) is 0 Å². The van der Waals surface area contributed by atoms with E-state index in [1.807, 2.05) is 0 Å². The van der Waals surface area contributed by atoms with Crippen LogP contribution in [-0.4, -0.2) is 43.8 Å². The molecule has 0 atom stereocenters. The van der Waals surface area contributed by atoms with Crippen LogP contribution < -0.4 is 14.2 Å². The van der Waals surface area contributed by atoms with E-state index >= 15 is 0 Å². The molecular formula is C27H28FNO7S. The van der Waals surface area contributed by atoms with Crippen LogP contribution in [-0.2, 0) is 38.4 Å². The number of carbonyl (C=O) groups excluding carboxylic acids is 3. The van der Waals surface area contributed by atoms with Gasteiger partial charge in [0.05, 0.1) is 33.4 Å². The van der Waals surface area contributed by atoms with Crippen molar-refractivity contribution in [2.45, 2.75) is 38.5 Å². The second-order valence-corrected chi connectivity index (χ2v) is 9.06. The number of hydrogen-bond acceptors (Lipinski definition) is 9. The predicted octanol–water partition coefficient (Wildman–Crippen LogP) is 4.90. The maximum Gasteiger partial charge on any atom is 0.305 e. The van der Waals surface area contributed by atoms with E-state index in [9.17, 15) is 18.8 Å². The summed E-state index contributed by atoms with van der Waals surface area (Å²) in [5, 5.41) is 2.31. The Balaban J connectivity index is 1.63. The third kappa shape index (κ3) is 8.11. The van der Waals surface area contributed by atoms with Crippen molar-refractivity contribution in [2.75, 3.05) is 21.3 Å². The molecule has 10 heteroatoms. The summed E-state index contributed by atoms with van der Waals surface area (Å²) in [6.07, 6.45) is 0.966. The molecule has 0 fully saturated rings. The van der Waals surface area contributed by atoms with Gasteiger partial charge in [-0.2, -0.15) is 0 Å². The van der Waals surface area contributed by atoms with Crippen molar-refractivity contribution in [1.29, 1.82) is 0 Å². The van der Waals surface area contributed by atoms with Gasteiger partial charge in [-0.25, -0.2) is 9.37 Å². The third-order valence-electron chi connectivity index (χ3n) is 5.39. The van der Waals surface area contributed by atoms with Crippen molar-refractivity contribution in [3.05, 3.63) is 63.9 Å². The van der Waals surface area contributed by atoms with Gasteiger partial charge in [-0.1, -0.05) is 6.07 Å². The quantitative estimate of drug-likeness (QED) is 0.272. The second-order valence-electron chi connectivity index (χ2n) is 8.12. The summed E-state index contributed by atoms with van der Waals surface area (Å²) in [4.78, 5) is 40.5. The molecule has 0 unspecified atom stereocenters. The number of carbonyl (C=O) groups is 3. The monoisotopic (exact) mass is 529 g/mol. The molecule has 0 saturated heterocycles. The lowest BCUT2D eigenvalue weighted by atomic mass is 10.1. The summed E-state index contributed by atoms with van der Waals surface area (Å²) in [7, 11) is 4.30. The van der Waals surface area contributed by atoms with Crippen molar-refractivity contribution in [1.82, 2.24) is 4.98 Å². The average Bonchev–Trinajstić information content (AvgIpc) is 3.31. The van der Waals surface area contributed by atoms with Crippen LogP contribution in [0.25, 0.3) is 0 Å². The molecule has 196 valence electrons. The molecule has 37 heavy (non-hydrogen) atoms. The molecule has 3 rings (SSSR count). The summed E-state index contributed by atoms with van der Waals surface area (Å²) < 4.78 is 35.2. The van der Waals surface area contributed by atoms with E-state index in [1.54, 1.807) is 23.6 Å². The molecule has 0 N–H and O–H groups in total. The van der Waals surface area contributed by atoms with Crippen LogP contribution in [0.3, 0.4) is 0 Å². The molecule has 0 saturated carbocycles. The van der Waals surface area contributed by atoms with E-state index in [2.05, 4.69) is 9.72 Å². The normalized spacial score (nSPS) is 10.6. The molecule has 2 aromatic carbocycles. The number of ether oxygens (including phenoxy) is 4. The fourth-order valence-corrected chi connectivity index (χ4v) is 4.44. The lowest BCUT2D eigenvalue weighted by Crippen LogP contribution is -2.09. The third-order valence-corrected chi connectivity index (χ3v) is 6.28. The molecule has 1 aromatic heterocycles. The minimum absolute atomic E-state index is 0.0402. The van der Waals surface area contributed by atoms with Crippen LogP contribution in [0.4, 0.5) is 4.39 Å². The number of benzene rings is 2. The predicted molar refractivity (Wildman–Crippen MR) is 135 cm³/mol. The van der Waals surface area contributed by atoms with E-state index in [0.29, 0.717) is 45.7 Å². The maximum atomic E-state index is 14.0. The van der Waals surface area contributed by atoms with Crippen molar-refractivity contribution >= 4 is 28.9 Å². The molecule has 0 radical (unpaired) electrons. The molecular weight excluding hydrogens is 501 g/mol. The number of nitrogens with zero attached hydrogens (tertiary/aromatic N) is 1. The average molecular weight is 530 g/mol. The number of methoxy groups -OCH3 is 3. The number of rotatable bonds is 14. The van der Waals surface area contributed by atoms with Gasteiger partial charge in [0.1, 0.15) is 28.1 Å². The Kier molecular flexibility index (Phi) is 10.1. The minimum atomic E-state index is -0.491. The summed E-state index contributed by atoms with van der Waals surface area (Å²) in [5.41, 5.74) is 0.961. The zero-order valence-corrected chi connectivity index (χ0v) is 21.7. The number of Topliss-reactive ketones (excluding diaryl/α,β-unsaturated/α-hetero) is 2. The van der Waals surface area contributed by atoms with Crippen LogP contribution in [0.15, 0.2) is 41.8 Å². The Bertz CT molecular complexity index is 1260. The van der Waals surface area contributed by atoms with Gasteiger partial charge in [-0.3, -0.25) is 14.4 Å².